The lowest BCUT2D eigenvalue weighted by Gasteiger charge is -2.11. The van der Waals surface area contributed by atoms with Gasteiger partial charge in [-0.2, -0.15) is 10.1 Å². The van der Waals surface area contributed by atoms with Crippen LogP contribution in [0.25, 0.3) is 17.4 Å². The number of halogens is 2. The first-order valence-electron chi connectivity index (χ1n) is 9.92. The Bertz CT molecular complexity index is 1330. The molecule has 0 bridgehead atoms. The number of esters is 1. The quantitative estimate of drug-likeness (QED) is 0.209. The van der Waals surface area contributed by atoms with E-state index >= 15 is 0 Å². The van der Waals surface area contributed by atoms with E-state index in [0.717, 1.165) is 4.47 Å². The van der Waals surface area contributed by atoms with Gasteiger partial charge in [-0.3, -0.25) is 4.79 Å². The fourth-order valence-electron chi connectivity index (χ4n) is 3.24. The molecule has 6 nitrogen and oxygen atoms in total. The van der Waals surface area contributed by atoms with E-state index < -0.39 is 5.97 Å². The standard InChI is InChI=1S/C25H18BrClN2O4/c1-3-11-32-25(31)21-12-16(7-9-22(21)27)23-10-8-19(33-23)14-20-15(2)28-29(24(20)30)18-6-4-5-17(26)13-18/h3-10,12-14H,1,11H2,2H3/b20-14-. The van der Waals surface area contributed by atoms with Gasteiger partial charge in [0.25, 0.3) is 5.91 Å². The third-order valence-corrected chi connectivity index (χ3v) is 5.65. The third kappa shape index (κ3) is 4.84. The number of nitrogens with zero attached hydrogens (tertiary/aromatic N) is 2. The molecule has 1 aliphatic heterocycles. The summed E-state index contributed by atoms with van der Waals surface area (Å²) in [6.45, 7) is 5.38. The van der Waals surface area contributed by atoms with Crippen molar-refractivity contribution in [3.63, 3.8) is 0 Å². The first-order valence-corrected chi connectivity index (χ1v) is 11.1. The molecule has 0 radical (unpaired) electrons. The lowest BCUT2D eigenvalue weighted by molar-refractivity contribution is -0.114. The number of carbonyl (C=O) groups is 2. The van der Waals surface area contributed by atoms with Crippen molar-refractivity contribution in [2.75, 3.05) is 11.6 Å². The van der Waals surface area contributed by atoms with Crippen LogP contribution in [-0.2, 0) is 9.53 Å². The Labute approximate surface area is 203 Å². The Morgan fingerprint density at radius 3 is 2.82 bits per heavy atom. The molecule has 166 valence electrons. The molecule has 0 saturated carbocycles. The minimum Gasteiger partial charge on any atom is -0.458 e. The molecule has 0 unspecified atom stereocenters. The van der Waals surface area contributed by atoms with Crippen LogP contribution < -0.4 is 5.01 Å². The predicted octanol–water partition coefficient (Wildman–Crippen LogP) is 6.51. The van der Waals surface area contributed by atoms with E-state index in [0.29, 0.717) is 34.1 Å². The lowest BCUT2D eigenvalue weighted by atomic mass is 10.1. The van der Waals surface area contributed by atoms with E-state index in [1.807, 2.05) is 24.3 Å². The molecule has 1 aromatic heterocycles. The van der Waals surface area contributed by atoms with Gasteiger partial charge in [0.05, 0.1) is 27.6 Å². The molecule has 1 amide bonds. The monoisotopic (exact) mass is 524 g/mol. The summed E-state index contributed by atoms with van der Waals surface area (Å²) in [7, 11) is 0. The number of furan rings is 1. The topological polar surface area (TPSA) is 72.1 Å². The number of rotatable bonds is 6. The summed E-state index contributed by atoms with van der Waals surface area (Å²) >= 11 is 9.57. The maximum atomic E-state index is 13.0. The van der Waals surface area contributed by atoms with Gasteiger partial charge in [-0.25, -0.2) is 4.79 Å². The molecule has 0 spiro atoms. The highest BCUT2D eigenvalue weighted by Crippen LogP contribution is 2.30. The summed E-state index contributed by atoms with van der Waals surface area (Å²) in [5.74, 6) is 0.193. The van der Waals surface area contributed by atoms with Crippen molar-refractivity contribution in [2.24, 2.45) is 5.10 Å². The highest BCUT2D eigenvalue weighted by atomic mass is 79.9. The molecule has 4 rings (SSSR count). The number of amides is 1. The van der Waals surface area contributed by atoms with Crippen molar-refractivity contribution in [3.05, 3.63) is 93.6 Å². The van der Waals surface area contributed by atoms with Crippen molar-refractivity contribution in [2.45, 2.75) is 6.92 Å². The molecular weight excluding hydrogens is 508 g/mol. The fraction of sp³-hybridized carbons (Fsp3) is 0.0800. The van der Waals surface area contributed by atoms with Gasteiger partial charge in [0.1, 0.15) is 18.1 Å². The number of hydrazone groups is 1. The van der Waals surface area contributed by atoms with E-state index in [4.69, 9.17) is 20.8 Å². The van der Waals surface area contributed by atoms with Gasteiger partial charge in [0.15, 0.2) is 0 Å². The van der Waals surface area contributed by atoms with Crippen LogP contribution in [0.3, 0.4) is 0 Å². The maximum absolute atomic E-state index is 13.0. The van der Waals surface area contributed by atoms with Crippen molar-refractivity contribution < 1.29 is 18.7 Å². The van der Waals surface area contributed by atoms with Crippen molar-refractivity contribution in [3.8, 4) is 11.3 Å². The Hall–Kier alpha value is -3.42. The zero-order valence-electron chi connectivity index (χ0n) is 17.5. The molecule has 0 fully saturated rings. The number of anilines is 1. The molecule has 33 heavy (non-hydrogen) atoms. The SMILES string of the molecule is C=CCOC(=O)c1cc(-c2ccc(/C=C3\C(=O)N(c4cccc(Br)c4)N=C3C)o2)ccc1Cl. The van der Waals surface area contributed by atoms with Crippen LogP contribution in [0.5, 0.6) is 0 Å². The minimum atomic E-state index is -0.549. The first kappa shape index (κ1) is 22.8. The largest absolute Gasteiger partial charge is 0.458 e. The maximum Gasteiger partial charge on any atom is 0.339 e. The van der Waals surface area contributed by atoms with Gasteiger partial charge < -0.3 is 9.15 Å². The summed E-state index contributed by atoms with van der Waals surface area (Å²) < 4.78 is 11.9. The molecule has 3 aromatic rings. The Morgan fingerprint density at radius 1 is 1.24 bits per heavy atom. The van der Waals surface area contributed by atoms with E-state index in [1.54, 1.807) is 43.3 Å². The summed E-state index contributed by atoms with van der Waals surface area (Å²) in [4.78, 5) is 25.2. The normalized spacial score (nSPS) is 14.5. The number of hydrogen-bond acceptors (Lipinski definition) is 5. The van der Waals surface area contributed by atoms with Crippen molar-refractivity contribution in [1.82, 2.24) is 0 Å². The lowest BCUT2D eigenvalue weighted by Crippen LogP contribution is -2.21. The second kappa shape index (κ2) is 9.60. The molecule has 8 heteroatoms. The Kier molecular flexibility index (Phi) is 6.62. The number of benzene rings is 2. The van der Waals surface area contributed by atoms with Gasteiger partial charge in [-0.15, -0.1) is 0 Å². The molecule has 0 aliphatic carbocycles. The van der Waals surface area contributed by atoms with Gasteiger partial charge in [0, 0.05) is 10.0 Å². The Balaban J connectivity index is 1.59. The van der Waals surface area contributed by atoms with Crippen LogP contribution in [0.2, 0.25) is 5.02 Å². The highest BCUT2D eigenvalue weighted by molar-refractivity contribution is 9.10. The molecular formula is C25H18BrClN2O4. The van der Waals surface area contributed by atoms with Crippen LogP contribution in [0.1, 0.15) is 23.0 Å². The van der Waals surface area contributed by atoms with Crippen molar-refractivity contribution in [1.29, 1.82) is 0 Å². The molecule has 1 aliphatic rings. The van der Waals surface area contributed by atoms with Gasteiger partial charge in [-0.1, -0.05) is 46.3 Å². The van der Waals surface area contributed by atoms with Crippen LogP contribution >= 0.6 is 27.5 Å². The molecule has 2 aromatic carbocycles. The van der Waals surface area contributed by atoms with Crippen LogP contribution in [0.15, 0.2) is 86.8 Å². The zero-order chi connectivity index (χ0) is 23.5. The number of ether oxygens (including phenoxy) is 1. The molecule has 2 heterocycles. The molecule has 0 N–H and O–H groups in total. The van der Waals surface area contributed by atoms with Crippen LogP contribution in [-0.4, -0.2) is 24.2 Å². The van der Waals surface area contributed by atoms with Crippen LogP contribution in [0, 0.1) is 0 Å². The minimum absolute atomic E-state index is 0.0870. The first-order chi connectivity index (χ1) is 15.9. The average Bonchev–Trinajstić information content (AvgIpc) is 3.38. The van der Waals surface area contributed by atoms with Crippen molar-refractivity contribution >= 4 is 56.9 Å². The highest BCUT2D eigenvalue weighted by Gasteiger charge is 2.29. The second-order valence-electron chi connectivity index (χ2n) is 7.12. The summed E-state index contributed by atoms with van der Waals surface area (Å²) in [6, 6.07) is 15.8. The van der Waals surface area contributed by atoms with E-state index in [-0.39, 0.29) is 23.1 Å². The third-order valence-electron chi connectivity index (χ3n) is 4.83. The summed E-state index contributed by atoms with van der Waals surface area (Å²) in [5, 5.41) is 6.02. The van der Waals surface area contributed by atoms with Gasteiger partial charge in [-0.05, 0) is 61.5 Å². The smallest absolute Gasteiger partial charge is 0.339 e. The molecule has 0 atom stereocenters. The predicted molar refractivity (Wildman–Crippen MR) is 132 cm³/mol. The summed E-state index contributed by atoms with van der Waals surface area (Å²) in [5.41, 5.74) is 2.55. The van der Waals surface area contributed by atoms with Gasteiger partial charge in [0.2, 0.25) is 0 Å². The second-order valence-corrected chi connectivity index (χ2v) is 8.45. The summed E-state index contributed by atoms with van der Waals surface area (Å²) in [6.07, 6.45) is 3.13. The van der Waals surface area contributed by atoms with E-state index in [2.05, 4.69) is 27.6 Å². The Morgan fingerprint density at radius 2 is 2.06 bits per heavy atom. The average molecular weight is 526 g/mol. The zero-order valence-corrected chi connectivity index (χ0v) is 19.9. The van der Waals surface area contributed by atoms with Gasteiger partial charge >= 0.3 is 5.97 Å². The number of hydrogen-bond donors (Lipinski definition) is 0. The number of carbonyl (C=O) groups excluding carboxylic acids is 2. The fourth-order valence-corrected chi connectivity index (χ4v) is 3.82. The van der Waals surface area contributed by atoms with E-state index in [9.17, 15) is 9.59 Å². The van der Waals surface area contributed by atoms with Crippen LogP contribution in [0.4, 0.5) is 5.69 Å². The molecule has 0 saturated heterocycles. The van der Waals surface area contributed by atoms with E-state index in [1.165, 1.54) is 11.1 Å².